The van der Waals surface area contributed by atoms with Gasteiger partial charge in [-0.15, -0.1) is 0 Å². The normalized spacial score (nSPS) is 22.2. The van der Waals surface area contributed by atoms with E-state index in [0.717, 1.165) is 22.1 Å². The lowest BCUT2D eigenvalue weighted by molar-refractivity contribution is 0.0326. The van der Waals surface area contributed by atoms with Gasteiger partial charge in [-0.25, -0.2) is 0 Å². The summed E-state index contributed by atoms with van der Waals surface area (Å²) in [4.78, 5) is 0. The van der Waals surface area contributed by atoms with Gasteiger partial charge in [-0.3, -0.25) is 0 Å². The van der Waals surface area contributed by atoms with Gasteiger partial charge in [-0.05, 0) is 29.0 Å². The van der Waals surface area contributed by atoms with Crippen molar-refractivity contribution in [2.24, 2.45) is 10.8 Å². The molecule has 2 aliphatic rings. The molecular weight excluding hydrogens is 362 g/mol. The molecule has 6 heteroatoms. The zero-order chi connectivity index (χ0) is 21.1. The summed E-state index contributed by atoms with van der Waals surface area (Å²) >= 11 is 0. The summed E-state index contributed by atoms with van der Waals surface area (Å²) in [6, 6.07) is 8.20. The number of hydrogen-bond donors (Lipinski definition) is 0. The van der Waals surface area contributed by atoms with Crippen LogP contribution in [0, 0.1) is 10.8 Å². The maximum Gasteiger partial charge on any atom is 0.493 e. The first kappa shape index (κ1) is 22.1. The third-order valence-corrected chi connectivity index (χ3v) is 5.14. The monoisotopic (exact) mass is 394 g/mol. The van der Waals surface area contributed by atoms with E-state index in [1.54, 1.807) is 0 Å². The van der Waals surface area contributed by atoms with Crippen LogP contribution in [0.5, 0.6) is 0 Å². The van der Waals surface area contributed by atoms with Crippen molar-refractivity contribution in [3.8, 4) is 0 Å². The SMILES string of the molecule is C=C(/C=C\C(=C/C)B1OCC(C)(C)CO1)c1ccc(B2OCC(C)(C)CO2)cc1. The van der Waals surface area contributed by atoms with Crippen molar-refractivity contribution in [1.29, 1.82) is 0 Å². The molecule has 4 nitrogen and oxygen atoms in total. The fraction of sp³-hybridized carbons (Fsp3) is 0.478. The van der Waals surface area contributed by atoms with E-state index in [1.807, 2.05) is 37.3 Å². The Morgan fingerprint density at radius 2 is 1.38 bits per heavy atom. The summed E-state index contributed by atoms with van der Waals surface area (Å²) in [5.41, 5.74) is 4.15. The van der Waals surface area contributed by atoms with Crippen LogP contribution in [0.4, 0.5) is 0 Å². The molecule has 2 aliphatic heterocycles. The second-order valence-corrected chi connectivity index (χ2v) is 9.51. The Morgan fingerprint density at radius 3 is 1.90 bits per heavy atom. The first-order valence-electron chi connectivity index (χ1n) is 10.3. The Hall–Kier alpha value is -1.59. The van der Waals surface area contributed by atoms with Gasteiger partial charge in [0.25, 0.3) is 0 Å². The van der Waals surface area contributed by atoms with Crippen LogP contribution in [0.3, 0.4) is 0 Å². The number of rotatable bonds is 5. The molecule has 0 amide bonds. The summed E-state index contributed by atoms with van der Waals surface area (Å²) < 4.78 is 23.5. The molecule has 0 N–H and O–H groups in total. The highest BCUT2D eigenvalue weighted by Gasteiger charge is 2.34. The van der Waals surface area contributed by atoms with Crippen LogP contribution < -0.4 is 5.46 Å². The quantitative estimate of drug-likeness (QED) is 0.558. The summed E-state index contributed by atoms with van der Waals surface area (Å²) in [5, 5.41) is 0. The lowest BCUT2D eigenvalue weighted by Gasteiger charge is -2.33. The molecule has 3 rings (SSSR count). The van der Waals surface area contributed by atoms with E-state index in [2.05, 4.69) is 46.4 Å². The Balaban J connectivity index is 1.59. The number of allylic oxidation sites excluding steroid dienone is 5. The van der Waals surface area contributed by atoms with Gasteiger partial charge in [0.1, 0.15) is 0 Å². The van der Waals surface area contributed by atoms with Gasteiger partial charge in [-0.2, -0.15) is 0 Å². The smallest absolute Gasteiger partial charge is 0.407 e. The van der Waals surface area contributed by atoms with Crippen molar-refractivity contribution in [1.82, 2.24) is 0 Å². The fourth-order valence-corrected chi connectivity index (χ4v) is 3.23. The minimum absolute atomic E-state index is 0.0614. The lowest BCUT2D eigenvalue weighted by atomic mass is 9.74. The molecule has 0 radical (unpaired) electrons. The predicted octanol–water partition coefficient (Wildman–Crippen LogP) is 4.07. The summed E-state index contributed by atoms with van der Waals surface area (Å²) in [6.45, 7) is 17.5. The van der Waals surface area contributed by atoms with Gasteiger partial charge in [0.2, 0.25) is 0 Å². The molecule has 0 atom stereocenters. The van der Waals surface area contributed by atoms with Crippen molar-refractivity contribution in [3.05, 3.63) is 60.1 Å². The molecular formula is C23H32B2O4. The van der Waals surface area contributed by atoms with E-state index in [9.17, 15) is 0 Å². The second kappa shape index (κ2) is 9.05. The van der Waals surface area contributed by atoms with E-state index < -0.39 is 0 Å². The van der Waals surface area contributed by atoms with Crippen molar-refractivity contribution < 1.29 is 18.6 Å². The van der Waals surface area contributed by atoms with Crippen LogP contribution in [0.15, 0.2) is 54.5 Å². The zero-order valence-electron chi connectivity index (χ0n) is 18.4. The highest BCUT2D eigenvalue weighted by molar-refractivity contribution is 6.61. The third-order valence-electron chi connectivity index (χ3n) is 5.14. The summed E-state index contributed by atoms with van der Waals surface area (Å²) in [6.07, 6.45) is 6.05. The molecule has 1 aromatic carbocycles. The Kier molecular flexibility index (Phi) is 6.90. The lowest BCUT2D eigenvalue weighted by Crippen LogP contribution is -2.47. The van der Waals surface area contributed by atoms with Crippen LogP contribution in [0.1, 0.15) is 40.2 Å². The summed E-state index contributed by atoms with van der Waals surface area (Å²) in [7, 11) is -0.607. The van der Waals surface area contributed by atoms with Crippen molar-refractivity contribution in [2.45, 2.75) is 34.6 Å². The molecule has 0 unspecified atom stereocenters. The number of hydrogen-bond acceptors (Lipinski definition) is 4. The van der Waals surface area contributed by atoms with Gasteiger partial charge in [0, 0.05) is 37.3 Å². The molecule has 1 aromatic rings. The highest BCUT2D eigenvalue weighted by atomic mass is 16.6. The van der Waals surface area contributed by atoms with Crippen LogP contribution in [0.25, 0.3) is 5.57 Å². The van der Waals surface area contributed by atoms with E-state index in [1.165, 1.54) is 0 Å². The molecule has 2 heterocycles. The molecule has 0 saturated carbocycles. The summed E-state index contributed by atoms with van der Waals surface area (Å²) in [5.74, 6) is 0. The molecule has 0 spiro atoms. The highest BCUT2D eigenvalue weighted by Crippen LogP contribution is 2.25. The molecule has 0 bridgehead atoms. The first-order chi connectivity index (χ1) is 13.7. The molecule has 154 valence electrons. The van der Waals surface area contributed by atoms with E-state index in [-0.39, 0.29) is 25.1 Å². The second-order valence-electron chi connectivity index (χ2n) is 9.51. The standard InChI is InChI=1S/C23H32B2O4/c1-7-20(24-26-14-22(3,4)15-27-24)11-8-18(2)19-9-12-21(13-10-19)25-28-16-23(5,6)17-29-25/h7-13H,2,14-17H2,1,3-6H3/b11-8-,20-7+. The molecule has 2 saturated heterocycles. The topological polar surface area (TPSA) is 36.9 Å². The fourth-order valence-electron chi connectivity index (χ4n) is 3.23. The molecule has 0 aromatic heterocycles. The van der Waals surface area contributed by atoms with Crippen LogP contribution in [-0.4, -0.2) is 40.7 Å². The Bertz CT molecular complexity index is 761. The van der Waals surface area contributed by atoms with E-state index in [0.29, 0.717) is 26.4 Å². The maximum atomic E-state index is 5.88. The predicted molar refractivity (Wildman–Crippen MR) is 121 cm³/mol. The maximum absolute atomic E-state index is 5.88. The average Bonchev–Trinajstić information content (AvgIpc) is 2.69. The van der Waals surface area contributed by atoms with Crippen LogP contribution in [-0.2, 0) is 18.6 Å². The molecule has 2 fully saturated rings. The van der Waals surface area contributed by atoms with Crippen molar-refractivity contribution in [3.63, 3.8) is 0 Å². The Morgan fingerprint density at radius 1 is 0.862 bits per heavy atom. The Labute approximate surface area is 176 Å². The molecule has 0 aliphatic carbocycles. The largest absolute Gasteiger partial charge is 0.493 e. The van der Waals surface area contributed by atoms with Gasteiger partial charge >= 0.3 is 14.2 Å². The van der Waals surface area contributed by atoms with Crippen molar-refractivity contribution in [2.75, 3.05) is 26.4 Å². The van der Waals surface area contributed by atoms with Gasteiger partial charge in [-0.1, -0.05) is 76.8 Å². The minimum atomic E-state index is -0.315. The first-order valence-corrected chi connectivity index (χ1v) is 10.3. The zero-order valence-corrected chi connectivity index (χ0v) is 18.4. The average molecular weight is 394 g/mol. The number of benzene rings is 1. The van der Waals surface area contributed by atoms with Crippen LogP contribution in [0.2, 0.25) is 0 Å². The van der Waals surface area contributed by atoms with Gasteiger partial charge in [0.05, 0.1) is 0 Å². The minimum Gasteiger partial charge on any atom is -0.407 e. The molecule has 29 heavy (non-hydrogen) atoms. The van der Waals surface area contributed by atoms with Gasteiger partial charge in [0.15, 0.2) is 0 Å². The van der Waals surface area contributed by atoms with E-state index in [4.69, 9.17) is 18.6 Å². The van der Waals surface area contributed by atoms with Crippen LogP contribution >= 0.6 is 0 Å². The van der Waals surface area contributed by atoms with E-state index >= 15 is 0 Å². The van der Waals surface area contributed by atoms with Crippen molar-refractivity contribution >= 4 is 25.3 Å². The third kappa shape index (κ3) is 5.95. The van der Waals surface area contributed by atoms with Gasteiger partial charge < -0.3 is 18.6 Å².